The van der Waals surface area contributed by atoms with Gasteiger partial charge in [0, 0.05) is 6.54 Å². The Bertz CT molecular complexity index is 440. The van der Waals surface area contributed by atoms with Crippen LogP contribution in [0, 0.1) is 19.8 Å². The first-order valence-corrected chi connectivity index (χ1v) is 6.55. The van der Waals surface area contributed by atoms with Crippen LogP contribution >= 0.6 is 0 Å². The Morgan fingerprint density at radius 2 is 2.00 bits per heavy atom. The van der Waals surface area contributed by atoms with Crippen molar-refractivity contribution in [3.63, 3.8) is 0 Å². The molecule has 0 aliphatic heterocycles. The van der Waals surface area contributed by atoms with Gasteiger partial charge in [-0.05, 0) is 68.5 Å². The van der Waals surface area contributed by atoms with Crippen molar-refractivity contribution >= 4 is 0 Å². The maximum Gasteiger partial charge on any atom is 0.122 e. The number of methoxy groups -OCH3 is 1. The van der Waals surface area contributed by atoms with Crippen LogP contribution in [0.1, 0.15) is 29.5 Å². The zero-order valence-electron chi connectivity index (χ0n) is 11.7. The molecule has 1 fully saturated rings. The Labute approximate surface area is 109 Å². The molecule has 0 saturated heterocycles. The Morgan fingerprint density at radius 3 is 2.50 bits per heavy atom. The van der Waals surface area contributed by atoms with Crippen LogP contribution in [-0.2, 0) is 5.60 Å². The molecule has 1 atom stereocenters. The molecule has 0 amide bonds. The fourth-order valence-electron chi connectivity index (χ4n) is 2.77. The van der Waals surface area contributed by atoms with Crippen LogP contribution in [0.4, 0.5) is 0 Å². The first kappa shape index (κ1) is 13.4. The van der Waals surface area contributed by atoms with Crippen molar-refractivity contribution in [2.75, 3.05) is 20.7 Å². The van der Waals surface area contributed by atoms with Crippen LogP contribution in [0.25, 0.3) is 0 Å². The summed E-state index contributed by atoms with van der Waals surface area (Å²) < 4.78 is 5.33. The van der Waals surface area contributed by atoms with Gasteiger partial charge in [-0.15, -0.1) is 0 Å². The molecule has 0 aromatic heterocycles. The average Bonchev–Trinajstić information content (AvgIpc) is 3.16. The molecule has 18 heavy (non-hydrogen) atoms. The molecule has 1 unspecified atom stereocenters. The second-order valence-electron chi connectivity index (χ2n) is 5.37. The molecule has 0 spiro atoms. The fraction of sp³-hybridized carbons (Fsp3) is 0.600. The molecule has 2 rings (SSSR count). The number of rotatable bonds is 5. The Morgan fingerprint density at radius 1 is 1.33 bits per heavy atom. The fourth-order valence-corrected chi connectivity index (χ4v) is 2.77. The summed E-state index contributed by atoms with van der Waals surface area (Å²) >= 11 is 0. The van der Waals surface area contributed by atoms with Gasteiger partial charge in [-0.1, -0.05) is 0 Å². The van der Waals surface area contributed by atoms with E-state index in [1.807, 2.05) is 27.0 Å². The molecular formula is C15H23NO2. The van der Waals surface area contributed by atoms with Gasteiger partial charge in [0.15, 0.2) is 0 Å². The lowest BCUT2D eigenvalue weighted by molar-refractivity contribution is 0.0146. The van der Waals surface area contributed by atoms with E-state index in [0.29, 0.717) is 12.5 Å². The third-order valence-corrected chi connectivity index (χ3v) is 3.91. The second-order valence-corrected chi connectivity index (χ2v) is 5.37. The number of hydrogen-bond acceptors (Lipinski definition) is 3. The SMILES string of the molecule is CNCC(O)(c1cc(C)c(OC)cc1C)C1CC1. The van der Waals surface area contributed by atoms with Crippen molar-refractivity contribution < 1.29 is 9.84 Å². The highest BCUT2D eigenvalue weighted by Crippen LogP contribution is 2.47. The largest absolute Gasteiger partial charge is 0.496 e. The number of benzene rings is 1. The summed E-state index contributed by atoms with van der Waals surface area (Å²) in [6.07, 6.45) is 2.23. The third-order valence-electron chi connectivity index (χ3n) is 3.91. The zero-order chi connectivity index (χ0) is 13.3. The van der Waals surface area contributed by atoms with Gasteiger partial charge in [-0.25, -0.2) is 0 Å². The molecule has 3 nitrogen and oxygen atoms in total. The highest BCUT2D eigenvalue weighted by Gasteiger charge is 2.45. The Balaban J connectivity index is 2.44. The van der Waals surface area contributed by atoms with E-state index in [9.17, 15) is 5.11 Å². The standard InChI is InChI=1S/C15H23NO2/c1-10-8-14(18-4)11(2)7-13(10)15(17,9-16-3)12-5-6-12/h7-8,12,16-17H,5-6,9H2,1-4H3. The molecule has 0 heterocycles. The van der Waals surface area contributed by atoms with Crippen LogP contribution in [0.5, 0.6) is 5.75 Å². The maximum atomic E-state index is 11.0. The van der Waals surface area contributed by atoms with Crippen molar-refractivity contribution in [3.05, 3.63) is 28.8 Å². The minimum atomic E-state index is -0.740. The number of hydrogen-bond donors (Lipinski definition) is 2. The van der Waals surface area contributed by atoms with E-state index >= 15 is 0 Å². The number of aryl methyl sites for hydroxylation is 2. The van der Waals surface area contributed by atoms with E-state index in [0.717, 1.165) is 35.3 Å². The summed E-state index contributed by atoms with van der Waals surface area (Å²) in [5.41, 5.74) is 2.48. The molecule has 100 valence electrons. The second kappa shape index (κ2) is 4.90. The highest BCUT2D eigenvalue weighted by atomic mass is 16.5. The summed E-state index contributed by atoms with van der Waals surface area (Å²) in [7, 11) is 3.57. The van der Waals surface area contributed by atoms with Crippen LogP contribution in [0.2, 0.25) is 0 Å². The number of nitrogens with one attached hydrogen (secondary N) is 1. The van der Waals surface area contributed by atoms with E-state index in [-0.39, 0.29) is 0 Å². The van der Waals surface area contributed by atoms with Crippen LogP contribution in [0.15, 0.2) is 12.1 Å². The Hall–Kier alpha value is -1.06. The van der Waals surface area contributed by atoms with Crippen molar-refractivity contribution in [1.82, 2.24) is 5.32 Å². The first-order chi connectivity index (χ1) is 8.52. The van der Waals surface area contributed by atoms with E-state index in [1.54, 1.807) is 7.11 Å². The van der Waals surface area contributed by atoms with Crippen LogP contribution < -0.4 is 10.1 Å². The minimum absolute atomic E-state index is 0.386. The molecule has 2 N–H and O–H groups in total. The van der Waals surface area contributed by atoms with Crippen molar-refractivity contribution in [1.29, 1.82) is 0 Å². The summed E-state index contributed by atoms with van der Waals surface area (Å²) in [5, 5.41) is 14.1. The van der Waals surface area contributed by atoms with E-state index in [1.165, 1.54) is 0 Å². The van der Waals surface area contributed by atoms with Crippen LogP contribution in [0.3, 0.4) is 0 Å². The van der Waals surface area contributed by atoms with Gasteiger partial charge in [0.1, 0.15) is 11.4 Å². The van der Waals surface area contributed by atoms with Crippen molar-refractivity contribution in [2.45, 2.75) is 32.3 Å². The lowest BCUT2D eigenvalue weighted by Gasteiger charge is -2.31. The summed E-state index contributed by atoms with van der Waals surface area (Å²) in [4.78, 5) is 0. The van der Waals surface area contributed by atoms with Crippen LogP contribution in [-0.4, -0.2) is 25.8 Å². The zero-order valence-corrected chi connectivity index (χ0v) is 11.7. The Kier molecular flexibility index (Phi) is 3.64. The predicted molar refractivity (Wildman–Crippen MR) is 73.0 cm³/mol. The summed E-state index contributed by atoms with van der Waals surface area (Å²) in [6.45, 7) is 4.67. The highest BCUT2D eigenvalue weighted by molar-refractivity contribution is 5.44. The first-order valence-electron chi connectivity index (χ1n) is 6.55. The van der Waals surface area contributed by atoms with Gasteiger partial charge in [0.25, 0.3) is 0 Å². The predicted octanol–water partition coefficient (Wildman–Crippen LogP) is 2.13. The maximum absolute atomic E-state index is 11.0. The normalized spacial score (nSPS) is 18.5. The molecule has 3 heteroatoms. The molecule has 0 radical (unpaired) electrons. The van der Waals surface area contributed by atoms with Gasteiger partial charge >= 0.3 is 0 Å². The molecule has 0 bridgehead atoms. The molecule has 1 aromatic rings. The van der Waals surface area contributed by atoms with Gasteiger partial charge in [-0.2, -0.15) is 0 Å². The topological polar surface area (TPSA) is 41.5 Å². The molecule has 1 saturated carbocycles. The lowest BCUT2D eigenvalue weighted by Crippen LogP contribution is -2.39. The van der Waals surface area contributed by atoms with Gasteiger partial charge in [0.2, 0.25) is 0 Å². The third kappa shape index (κ3) is 2.25. The van der Waals surface area contributed by atoms with Gasteiger partial charge in [-0.3, -0.25) is 0 Å². The lowest BCUT2D eigenvalue weighted by atomic mass is 9.84. The molecule has 1 aromatic carbocycles. The summed E-state index contributed by atoms with van der Waals surface area (Å²) in [5.74, 6) is 1.27. The molecular weight excluding hydrogens is 226 g/mol. The van der Waals surface area contributed by atoms with Crippen molar-refractivity contribution in [2.24, 2.45) is 5.92 Å². The van der Waals surface area contributed by atoms with E-state index in [4.69, 9.17) is 4.74 Å². The number of ether oxygens (including phenoxy) is 1. The minimum Gasteiger partial charge on any atom is -0.496 e. The quantitative estimate of drug-likeness (QED) is 0.840. The smallest absolute Gasteiger partial charge is 0.122 e. The van der Waals surface area contributed by atoms with Gasteiger partial charge in [0.05, 0.1) is 7.11 Å². The molecule has 1 aliphatic carbocycles. The monoisotopic (exact) mass is 249 g/mol. The van der Waals surface area contributed by atoms with E-state index in [2.05, 4.69) is 11.4 Å². The number of likely N-dealkylation sites (N-methyl/N-ethyl adjacent to an activating group) is 1. The number of aliphatic hydroxyl groups is 1. The van der Waals surface area contributed by atoms with Gasteiger partial charge < -0.3 is 15.2 Å². The molecule has 1 aliphatic rings. The summed E-state index contributed by atoms with van der Waals surface area (Å²) in [6, 6.07) is 4.09. The van der Waals surface area contributed by atoms with E-state index < -0.39 is 5.60 Å². The van der Waals surface area contributed by atoms with Crippen molar-refractivity contribution in [3.8, 4) is 5.75 Å². The average molecular weight is 249 g/mol.